The van der Waals surface area contributed by atoms with Gasteiger partial charge in [0.2, 0.25) is 0 Å². The summed E-state index contributed by atoms with van der Waals surface area (Å²) in [6.07, 6.45) is 5.26. The summed E-state index contributed by atoms with van der Waals surface area (Å²) >= 11 is 0. The van der Waals surface area contributed by atoms with Crippen LogP contribution in [0, 0.1) is 11.8 Å². The van der Waals surface area contributed by atoms with Crippen molar-refractivity contribution < 1.29 is 4.74 Å². The molecular weight excluding hydrogens is 174 g/mol. The molecule has 14 heavy (non-hydrogen) atoms. The van der Waals surface area contributed by atoms with Gasteiger partial charge in [0, 0.05) is 20.2 Å². The van der Waals surface area contributed by atoms with E-state index < -0.39 is 0 Å². The zero-order valence-electron chi connectivity index (χ0n) is 9.68. The predicted octanol–water partition coefficient (Wildman–Crippen LogP) is 2.21. The molecule has 0 aromatic heterocycles. The molecule has 0 atom stereocenters. The summed E-state index contributed by atoms with van der Waals surface area (Å²) in [4.78, 5) is 0. The Labute approximate surface area is 87.7 Å². The third kappa shape index (κ3) is 4.77. The van der Waals surface area contributed by atoms with Crippen molar-refractivity contribution in [2.75, 3.05) is 26.8 Å². The second-order valence-electron chi connectivity index (χ2n) is 4.40. The molecule has 1 fully saturated rings. The van der Waals surface area contributed by atoms with Gasteiger partial charge in [-0.05, 0) is 24.7 Å². The van der Waals surface area contributed by atoms with Crippen LogP contribution >= 0.6 is 0 Å². The van der Waals surface area contributed by atoms with E-state index in [2.05, 4.69) is 25.2 Å². The molecule has 1 aliphatic rings. The monoisotopic (exact) mass is 197 g/mol. The summed E-state index contributed by atoms with van der Waals surface area (Å²) in [5.41, 5.74) is 1.56. The van der Waals surface area contributed by atoms with Crippen molar-refractivity contribution in [1.82, 2.24) is 5.32 Å². The second kappa shape index (κ2) is 6.20. The standard InChI is InChI=1S/C12H23NO/c1-10(2)12(8-11-4-5-11)9-13-6-7-14-3/h8,10-11,13H,4-7,9H2,1-3H3. The van der Waals surface area contributed by atoms with Gasteiger partial charge in [-0.25, -0.2) is 0 Å². The van der Waals surface area contributed by atoms with E-state index in [9.17, 15) is 0 Å². The summed E-state index contributed by atoms with van der Waals surface area (Å²) in [6.45, 7) is 7.32. The van der Waals surface area contributed by atoms with Crippen LogP contribution in [0.25, 0.3) is 0 Å². The minimum absolute atomic E-state index is 0.672. The van der Waals surface area contributed by atoms with E-state index in [0.29, 0.717) is 5.92 Å². The molecule has 0 saturated heterocycles. The number of methoxy groups -OCH3 is 1. The fourth-order valence-corrected chi connectivity index (χ4v) is 1.43. The van der Waals surface area contributed by atoms with Crippen molar-refractivity contribution in [3.63, 3.8) is 0 Å². The number of nitrogens with one attached hydrogen (secondary N) is 1. The largest absolute Gasteiger partial charge is 0.383 e. The van der Waals surface area contributed by atoms with Crippen LogP contribution in [0.2, 0.25) is 0 Å². The van der Waals surface area contributed by atoms with Crippen LogP contribution in [-0.4, -0.2) is 26.8 Å². The Hall–Kier alpha value is -0.340. The first-order chi connectivity index (χ1) is 6.74. The Morgan fingerprint density at radius 2 is 2.21 bits per heavy atom. The molecule has 1 aliphatic carbocycles. The number of hydrogen-bond donors (Lipinski definition) is 1. The highest BCUT2D eigenvalue weighted by atomic mass is 16.5. The van der Waals surface area contributed by atoms with Crippen LogP contribution in [-0.2, 0) is 4.74 Å². The Kier molecular flexibility index (Phi) is 5.20. The first-order valence-corrected chi connectivity index (χ1v) is 5.64. The van der Waals surface area contributed by atoms with E-state index in [1.807, 2.05) is 0 Å². The minimum Gasteiger partial charge on any atom is -0.383 e. The molecule has 0 unspecified atom stereocenters. The van der Waals surface area contributed by atoms with E-state index in [1.54, 1.807) is 12.7 Å². The van der Waals surface area contributed by atoms with Crippen LogP contribution in [0.4, 0.5) is 0 Å². The van der Waals surface area contributed by atoms with Crippen molar-refractivity contribution in [3.05, 3.63) is 11.6 Å². The quantitative estimate of drug-likeness (QED) is 0.499. The number of ether oxygens (including phenoxy) is 1. The minimum atomic E-state index is 0.672. The molecule has 1 rings (SSSR count). The van der Waals surface area contributed by atoms with Gasteiger partial charge in [-0.2, -0.15) is 0 Å². The normalized spacial score (nSPS) is 17.9. The van der Waals surface area contributed by atoms with Crippen molar-refractivity contribution in [2.24, 2.45) is 11.8 Å². The molecule has 0 heterocycles. The maximum absolute atomic E-state index is 5.00. The Bertz CT molecular complexity index is 183. The van der Waals surface area contributed by atoms with Gasteiger partial charge in [0.15, 0.2) is 0 Å². The highest BCUT2D eigenvalue weighted by Gasteiger charge is 2.19. The van der Waals surface area contributed by atoms with Gasteiger partial charge in [0.1, 0.15) is 0 Å². The molecule has 0 amide bonds. The highest BCUT2D eigenvalue weighted by Crippen LogP contribution is 2.32. The maximum Gasteiger partial charge on any atom is 0.0587 e. The Morgan fingerprint density at radius 1 is 1.50 bits per heavy atom. The van der Waals surface area contributed by atoms with Crippen molar-refractivity contribution >= 4 is 0 Å². The van der Waals surface area contributed by atoms with Crippen LogP contribution in [0.1, 0.15) is 26.7 Å². The molecular formula is C12H23NO. The smallest absolute Gasteiger partial charge is 0.0587 e. The van der Waals surface area contributed by atoms with E-state index in [-0.39, 0.29) is 0 Å². The number of allylic oxidation sites excluding steroid dienone is 1. The van der Waals surface area contributed by atoms with Gasteiger partial charge in [0.05, 0.1) is 6.61 Å². The fraction of sp³-hybridized carbons (Fsp3) is 0.833. The van der Waals surface area contributed by atoms with Gasteiger partial charge >= 0.3 is 0 Å². The third-order valence-electron chi connectivity index (χ3n) is 2.63. The lowest BCUT2D eigenvalue weighted by atomic mass is 10.0. The molecule has 0 spiro atoms. The SMILES string of the molecule is COCCNCC(=CC1CC1)C(C)C. The van der Waals surface area contributed by atoms with Gasteiger partial charge in [-0.1, -0.05) is 25.5 Å². The van der Waals surface area contributed by atoms with Crippen molar-refractivity contribution in [3.8, 4) is 0 Å². The van der Waals surface area contributed by atoms with Gasteiger partial charge in [0.25, 0.3) is 0 Å². The summed E-state index contributed by atoms with van der Waals surface area (Å²) < 4.78 is 5.00. The molecule has 0 bridgehead atoms. The van der Waals surface area contributed by atoms with Crippen LogP contribution < -0.4 is 5.32 Å². The maximum atomic E-state index is 5.00. The molecule has 0 aromatic rings. The lowest BCUT2D eigenvalue weighted by Crippen LogP contribution is -2.23. The van der Waals surface area contributed by atoms with Crippen LogP contribution in [0.15, 0.2) is 11.6 Å². The molecule has 82 valence electrons. The summed E-state index contributed by atoms with van der Waals surface area (Å²) in [5, 5.41) is 3.41. The van der Waals surface area contributed by atoms with Crippen LogP contribution in [0.3, 0.4) is 0 Å². The average molecular weight is 197 g/mol. The Morgan fingerprint density at radius 3 is 2.71 bits per heavy atom. The molecule has 0 aromatic carbocycles. The second-order valence-corrected chi connectivity index (χ2v) is 4.40. The number of hydrogen-bond acceptors (Lipinski definition) is 2. The van der Waals surface area contributed by atoms with Gasteiger partial charge in [-0.15, -0.1) is 0 Å². The first-order valence-electron chi connectivity index (χ1n) is 5.64. The average Bonchev–Trinajstić information content (AvgIpc) is 2.93. The fourth-order valence-electron chi connectivity index (χ4n) is 1.43. The predicted molar refractivity (Wildman–Crippen MR) is 60.4 cm³/mol. The van der Waals surface area contributed by atoms with Crippen LogP contribution in [0.5, 0.6) is 0 Å². The van der Waals surface area contributed by atoms with Crippen molar-refractivity contribution in [1.29, 1.82) is 0 Å². The van der Waals surface area contributed by atoms with Gasteiger partial charge in [-0.3, -0.25) is 0 Å². The van der Waals surface area contributed by atoms with E-state index >= 15 is 0 Å². The molecule has 0 radical (unpaired) electrons. The zero-order valence-corrected chi connectivity index (χ0v) is 9.68. The molecule has 2 heteroatoms. The summed E-state index contributed by atoms with van der Waals surface area (Å²) in [5.74, 6) is 1.56. The van der Waals surface area contributed by atoms with Crippen molar-refractivity contribution in [2.45, 2.75) is 26.7 Å². The van der Waals surface area contributed by atoms with E-state index in [1.165, 1.54) is 12.8 Å². The third-order valence-corrected chi connectivity index (χ3v) is 2.63. The molecule has 0 aliphatic heterocycles. The van der Waals surface area contributed by atoms with E-state index in [0.717, 1.165) is 25.6 Å². The van der Waals surface area contributed by atoms with E-state index in [4.69, 9.17) is 4.74 Å². The summed E-state index contributed by atoms with van der Waals surface area (Å²) in [6, 6.07) is 0. The zero-order chi connectivity index (χ0) is 10.4. The summed E-state index contributed by atoms with van der Waals surface area (Å²) in [7, 11) is 1.74. The first kappa shape index (κ1) is 11.7. The topological polar surface area (TPSA) is 21.3 Å². The lowest BCUT2D eigenvalue weighted by molar-refractivity contribution is 0.200. The Balaban J connectivity index is 2.21. The van der Waals surface area contributed by atoms with Gasteiger partial charge < -0.3 is 10.1 Å². The molecule has 2 nitrogen and oxygen atoms in total. The molecule has 1 N–H and O–H groups in total. The number of rotatable bonds is 7. The lowest BCUT2D eigenvalue weighted by Gasteiger charge is -2.12. The highest BCUT2D eigenvalue weighted by molar-refractivity contribution is 5.11. The molecule has 1 saturated carbocycles.